The molecule has 23 heavy (non-hydrogen) atoms. The molecular formula is C17H19ClO5. The van der Waals surface area contributed by atoms with Crippen molar-refractivity contribution in [3.8, 4) is 5.75 Å². The van der Waals surface area contributed by atoms with Gasteiger partial charge < -0.3 is 13.9 Å². The van der Waals surface area contributed by atoms with Crippen molar-refractivity contribution in [2.45, 2.75) is 39.7 Å². The van der Waals surface area contributed by atoms with E-state index in [2.05, 4.69) is 0 Å². The largest absolute Gasteiger partial charge is 0.480 e. The molecule has 2 aromatic rings. The van der Waals surface area contributed by atoms with Crippen LogP contribution in [0.1, 0.15) is 33.3 Å². The van der Waals surface area contributed by atoms with Crippen LogP contribution in [0, 0.1) is 0 Å². The van der Waals surface area contributed by atoms with Gasteiger partial charge in [0.25, 0.3) is 0 Å². The van der Waals surface area contributed by atoms with Gasteiger partial charge >= 0.3 is 11.6 Å². The molecule has 2 rings (SSSR count). The molecule has 0 saturated heterocycles. The van der Waals surface area contributed by atoms with E-state index in [1.165, 1.54) is 12.1 Å². The number of carbonyl (C=O) groups excluding carboxylic acids is 1. The Balaban J connectivity index is 2.27. The Kier molecular flexibility index (Phi) is 5.00. The number of ether oxygens (including phenoxy) is 2. The minimum Gasteiger partial charge on any atom is -0.480 e. The second kappa shape index (κ2) is 6.62. The molecule has 0 radical (unpaired) electrons. The molecule has 0 aliphatic carbocycles. The van der Waals surface area contributed by atoms with Crippen LogP contribution in [0.4, 0.5) is 0 Å². The second-order valence-electron chi connectivity index (χ2n) is 6.10. The maximum atomic E-state index is 11.7. The predicted octanol–water partition coefficient (Wildman–Crippen LogP) is 3.73. The molecule has 5 nitrogen and oxygen atoms in total. The lowest BCUT2D eigenvalue weighted by molar-refractivity contribution is -0.157. The fourth-order valence-electron chi connectivity index (χ4n) is 2.14. The van der Waals surface area contributed by atoms with Crippen LogP contribution in [-0.2, 0) is 16.0 Å². The molecule has 1 aromatic carbocycles. The Labute approximate surface area is 139 Å². The Bertz CT molecular complexity index is 786. The van der Waals surface area contributed by atoms with Crippen molar-refractivity contribution in [3.05, 3.63) is 39.2 Å². The maximum Gasteiger partial charge on any atom is 0.344 e. The van der Waals surface area contributed by atoms with Crippen LogP contribution in [0.2, 0.25) is 5.02 Å². The normalized spacial score (nSPS) is 11.5. The van der Waals surface area contributed by atoms with Crippen LogP contribution < -0.4 is 10.4 Å². The first kappa shape index (κ1) is 17.3. The van der Waals surface area contributed by atoms with E-state index in [0.717, 1.165) is 10.9 Å². The molecule has 0 atom stereocenters. The van der Waals surface area contributed by atoms with Gasteiger partial charge in [-0.25, -0.2) is 9.59 Å². The standard InChI is InChI=1S/C17H19ClO5/c1-5-10-6-15(19)22-13-8-14(12(18)7-11(10)13)21-9-16(20)23-17(2,3)4/h6-8H,5,9H2,1-4H3. The summed E-state index contributed by atoms with van der Waals surface area (Å²) < 4.78 is 15.7. The van der Waals surface area contributed by atoms with Gasteiger partial charge in [-0.3, -0.25) is 0 Å². The summed E-state index contributed by atoms with van der Waals surface area (Å²) in [6, 6.07) is 4.63. The van der Waals surface area contributed by atoms with Gasteiger partial charge in [-0.2, -0.15) is 0 Å². The van der Waals surface area contributed by atoms with E-state index in [1.54, 1.807) is 26.8 Å². The Morgan fingerprint density at radius 2 is 1.96 bits per heavy atom. The van der Waals surface area contributed by atoms with Gasteiger partial charge in [-0.15, -0.1) is 0 Å². The summed E-state index contributed by atoms with van der Waals surface area (Å²) in [5.41, 5.74) is 0.195. The fourth-order valence-corrected chi connectivity index (χ4v) is 2.36. The highest BCUT2D eigenvalue weighted by Gasteiger charge is 2.17. The number of carbonyl (C=O) groups is 1. The van der Waals surface area contributed by atoms with Crippen molar-refractivity contribution in [3.63, 3.8) is 0 Å². The van der Waals surface area contributed by atoms with Crippen LogP contribution in [0.3, 0.4) is 0 Å². The molecular weight excluding hydrogens is 320 g/mol. The lowest BCUT2D eigenvalue weighted by Gasteiger charge is -2.19. The highest BCUT2D eigenvalue weighted by Crippen LogP contribution is 2.31. The quantitative estimate of drug-likeness (QED) is 0.627. The van der Waals surface area contributed by atoms with Crippen molar-refractivity contribution in [2.24, 2.45) is 0 Å². The zero-order chi connectivity index (χ0) is 17.2. The molecule has 0 N–H and O–H groups in total. The summed E-state index contributed by atoms with van der Waals surface area (Å²) in [4.78, 5) is 23.3. The van der Waals surface area contributed by atoms with E-state index in [-0.39, 0.29) is 12.4 Å². The summed E-state index contributed by atoms with van der Waals surface area (Å²) in [5.74, 6) is -0.237. The summed E-state index contributed by atoms with van der Waals surface area (Å²) in [5, 5.41) is 1.09. The SMILES string of the molecule is CCc1cc(=O)oc2cc(OCC(=O)OC(C)(C)C)c(Cl)cc12. The summed E-state index contributed by atoms with van der Waals surface area (Å²) in [7, 11) is 0. The molecule has 0 saturated carbocycles. The van der Waals surface area contributed by atoms with E-state index in [1.807, 2.05) is 6.92 Å². The minimum atomic E-state index is -0.587. The van der Waals surface area contributed by atoms with Crippen LogP contribution in [0.5, 0.6) is 5.75 Å². The maximum absolute atomic E-state index is 11.7. The van der Waals surface area contributed by atoms with Gasteiger partial charge in [0, 0.05) is 17.5 Å². The Hall–Kier alpha value is -2.01. The first-order valence-electron chi connectivity index (χ1n) is 7.30. The van der Waals surface area contributed by atoms with Gasteiger partial charge in [0.05, 0.1) is 5.02 Å². The van der Waals surface area contributed by atoms with Gasteiger partial charge in [-0.1, -0.05) is 18.5 Å². The number of hydrogen-bond donors (Lipinski definition) is 0. The first-order valence-corrected chi connectivity index (χ1v) is 7.68. The van der Waals surface area contributed by atoms with Crippen molar-refractivity contribution in [1.82, 2.24) is 0 Å². The van der Waals surface area contributed by atoms with Gasteiger partial charge in [0.1, 0.15) is 16.9 Å². The lowest BCUT2D eigenvalue weighted by Crippen LogP contribution is -2.27. The molecule has 0 amide bonds. The van der Waals surface area contributed by atoms with Crippen LogP contribution in [-0.4, -0.2) is 18.2 Å². The summed E-state index contributed by atoms with van der Waals surface area (Å²) in [6.45, 7) is 6.98. The number of aryl methyl sites for hydroxylation is 1. The summed E-state index contributed by atoms with van der Waals surface area (Å²) in [6.07, 6.45) is 0.677. The minimum absolute atomic E-state index is 0.265. The third-order valence-electron chi connectivity index (χ3n) is 3.03. The number of benzene rings is 1. The van der Waals surface area contributed by atoms with Crippen molar-refractivity contribution >= 4 is 28.5 Å². The monoisotopic (exact) mass is 338 g/mol. The highest BCUT2D eigenvalue weighted by atomic mass is 35.5. The van der Waals surface area contributed by atoms with Crippen molar-refractivity contribution in [1.29, 1.82) is 0 Å². The van der Waals surface area contributed by atoms with E-state index in [0.29, 0.717) is 17.0 Å². The van der Waals surface area contributed by atoms with Crippen molar-refractivity contribution in [2.75, 3.05) is 6.61 Å². The molecule has 0 spiro atoms. The molecule has 0 aliphatic rings. The topological polar surface area (TPSA) is 65.7 Å². The van der Waals surface area contributed by atoms with Crippen LogP contribution >= 0.6 is 11.6 Å². The van der Waals surface area contributed by atoms with Gasteiger partial charge in [0.15, 0.2) is 6.61 Å². The molecule has 1 aromatic heterocycles. The van der Waals surface area contributed by atoms with Gasteiger partial charge in [-0.05, 0) is 38.8 Å². The van der Waals surface area contributed by atoms with E-state index in [4.69, 9.17) is 25.5 Å². The van der Waals surface area contributed by atoms with E-state index < -0.39 is 17.2 Å². The van der Waals surface area contributed by atoms with E-state index in [9.17, 15) is 9.59 Å². The van der Waals surface area contributed by atoms with Crippen LogP contribution in [0.25, 0.3) is 11.0 Å². The fraction of sp³-hybridized carbons (Fsp3) is 0.412. The number of esters is 1. The first-order chi connectivity index (χ1) is 10.7. The molecule has 0 bridgehead atoms. The molecule has 1 heterocycles. The molecule has 0 fully saturated rings. The third kappa shape index (κ3) is 4.48. The predicted molar refractivity (Wildman–Crippen MR) is 88.2 cm³/mol. The summed E-state index contributed by atoms with van der Waals surface area (Å²) >= 11 is 6.19. The Morgan fingerprint density at radius 3 is 2.57 bits per heavy atom. The lowest BCUT2D eigenvalue weighted by atomic mass is 10.1. The Morgan fingerprint density at radius 1 is 1.26 bits per heavy atom. The molecule has 6 heteroatoms. The third-order valence-corrected chi connectivity index (χ3v) is 3.32. The average Bonchev–Trinajstić information content (AvgIpc) is 2.43. The number of fused-ring (bicyclic) bond motifs is 1. The van der Waals surface area contributed by atoms with Crippen LogP contribution in [0.15, 0.2) is 27.4 Å². The molecule has 124 valence electrons. The van der Waals surface area contributed by atoms with E-state index >= 15 is 0 Å². The van der Waals surface area contributed by atoms with Crippen molar-refractivity contribution < 1.29 is 18.7 Å². The number of rotatable bonds is 4. The number of hydrogen-bond acceptors (Lipinski definition) is 5. The zero-order valence-corrected chi connectivity index (χ0v) is 14.3. The number of halogens is 1. The van der Waals surface area contributed by atoms with Gasteiger partial charge in [0.2, 0.25) is 0 Å². The zero-order valence-electron chi connectivity index (χ0n) is 13.6. The molecule has 0 unspecified atom stereocenters. The highest BCUT2D eigenvalue weighted by molar-refractivity contribution is 6.32. The average molecular weight is 339 g/mol. The molecule has 0 aliphatic heterocycles. The second-order valence-corrected chi connectivity index (χ2v) is 6.51. The smallest absolute Gasteiger partial charge is 0.344 e.